The van der Waals surface area contributed by atoms with Gasteiger partial charge in [0.15, 0.2) is 0 Å². The molecule has 154 valence electrons. The molecule has 1 aliphatic heterocycles. The van der Waals surface area contributed by atoms with Crippen molar-refractivity contribution >= 4 is 16.9 Å². The Morgan fingerprint density at radius 2 is 1.77 bits per heavy atom. The maximum Gasteiger partial charge on any atom is 0.254 e. The van der Waals surface area contributed by atoms with Crippen molar-refractivity contribution < 1.29 is 4.79 Å². The molecule has 4 rings (SSSR count). The molecule has 3 aromatic rings. The molecule has 1 fully saturated rings. The molecule has 1 atom stereocenters. The van der Waals surface area contributed by atoms with Gasteiger partial charge in [0.25, 0.3) is 5.91 Å². The van der Waals surface area contributed by atoms with Gasteiger partial charge in [0.1, 0.15) is 11.9 Å². The van der Waals surface area contributed by atoms with E-state index in [0.29, 0.717) is 18.7 Å². The zero-order valence-electron chi connectivity index (χ0n) is 17.7. The maximum absolute atomic E-state index is 13.1. The molecule has 1 saturated heterocycles. The van der Waals surface area contributed by atoms with Crippen LogP contribution >= 0.6 is 0 Å². The van der Waals surface area contributed by atoms with E-state index in [1.807, 2.05) is 48.2 Å². The Hall–Kier alpha value is -3.17. The lowest BCUT2D eigenvalue weighted by molar-refractivity contribution is 0.0577. The molecular formula is C24H27N5O. The predicted octanol–water partition coefficient (Wildman–Crippen LogP) is 3.64. The highest BCUT2D eigenvalue weighted by atomic mass is 16.2. The SMILES string of the molecule is Cc1nc2cc(C(=O)N3CCN(C(C#N)C(C)C)CC3)ccc2n1-c1ccccc1. The molecule has 6 nitrogen and oxygen atoms in total. The second-order valence-corrected chi connectivity index (χ2v) is 8.18. The minimum absolute atomic E-state index is 0.0292. The minimum Gasteiger partial charge on any atom is -0.336 e. The molecular weight excluding hydrogens is 374 g/mol. The van der Waals surface area contributed by atoms with Crippen molar-refractivity contribution in [3.63, 3.8) is 0 Å². The van der Waals surface area contributed by atoms with Crippen molar-refractivity contribution in [2.75, 3.05) is 26.2 Å². The van der Waals surface area contributed by atoms with Gasteiger partial charge in [0.2, 0.25) is 0 Å². The zero-order valence-corrected chi connectivity index (χ0v) is 17.7. The van der Waals surface area contributed by atoms with Gasteiger partial charge in [-0.15, -0.1) is 0 Å². The molecule has 0 N–H and O–H groups in total. The van der Waals surface area contributed by atoms with Crippen LogP contribution in [0.2, 0.25) is 0 Å². The van der Waals surface area contributed by atoms with Crippen LogP contribution in [0.1, 0.15) is 30.0 Å². The molecule has 0 radical (unpaired) electrons. The van der Waals surface area contributed by atoms with Gasteiger partial charge < -0.3 is 4.90 Å². The van der Waals surface area contributed by atoms with Crippen molar-refractivity contribution in [2.24, 2.45) is 5.92 Å². The number of imidazole rings is 1. The lowest BCUT2D eigenvalue weighted by atomic mass is 10.0. The average molecular weight is 402 g/mol. The molecule has 2 heterocycles. The van der Waals surface area contributed by atoms with Crippen molar-refractivity contribution in [1.82, 2.24) is 19.4 Å². The van der Waals surface area contributed by atoms with E-state index >= 15 is 0 Å². The van der Waals surface area contributed by atoms with Gasteiger partial charge in [-0.1, -0.05) is 32.0 Å². The molecule has 1 aliphatic rings. The smallest absolute Gasteiger partial charge is 0.254 e. The van der Waals surface area contributed by atoms with Gasteiger partial charge in [0.05, 0.1) is 17.1 Å². The Balaban J connectivity index is 1.53. The number of para-hydroxylation sites is 1. The minimum atomic E-state index is -0.0940. The maximum atomic E-state index is 13.1. The van der Waals surface area contributed by atoms with Gasteiger partial charge in [-0.2, -0.15) is 5.26 Å². The number of hydrogen-bond donors (Lipinski definition) is 0. The number of amides is 1. The molecule has 30 heavy (non-hydrogen) atoms. The molecule has 1 aromatic heterocycles. The number of fused-ring (bicyclic) bond motifs is 1. The van der Waals surface area contributed by atoms with Crippen LogP contribution in [0.15, 0.2) is 48.5 Å². The van der Waals surface area contributed by atoms with Gasteiger partial charge in [-0.25, -0.2) is 4.98 Å². The number of hydrogen-bond acceptors (Lipinski definition) is 4. The third kappa shape index (κ3) is 3.69. The van der Waals surface area contributed by atoms with E-state index in [1.165, 1.54) is 0 Å². The molecule has 0 aliphatic carbocycles. The van der Waals surface area contributed by atoms with Crippen LogP contribution in [0.5, 0.6) is 0 Å². The molecule has 0 saturated carbocycles. The fourth-order valence-electron chi connectivity index (χ4n) is 4.27. The summed E-state index contributed by atoms with van der Waals surface area (Å²) in [5, 5.41) is 9.43. The standard InChI is InChI=1S/C24H27N5O/c1-17(2)23(16-25)27-11-13-28(14-12-27)24(30)19-9-10-22-21(15-19)26-18(3)29(22)20-7-5-4-6-8-20/h4-10,15,17,23H,11-14H2,1-3H3. The first kappa shape index (κ1) is 20.1. The first-order valence-electron chi connectivity index (χ1n) is 10.5. The Bertz CT molecular complexity index is 1090. The van der Waals surface area contributed by atoms with Crippen LogP contribution < -0.4 is 0 Å². The van der Waals surface area contributed by atoms with Gasteiger partial charge >= 0.3 is 0 Å². The number of nitrogens with zero attached hydrogens (tertiary/aromatic N) is 5. The van der Waals surface area contributed by atoms with Crippen molar-refractivity contribution in [1.29, 1.82) is 5.26 Å². The predicted molar refractivity (Wildman–Crippen MR) is 118 cm³/mol. The normalized spacial score (nSPS) is 16.0. The Labute approximate surface area is 177 Å². The highest BCUT2D eigenvalue weighted by Crippen LogP contribution is 2.23. The first-order valence-corrected chi connectivity index (χ1v) is 10.5. The number of carbonyl (C=O) groups excluding carboxylic acids is 1. The Morgan fingerprint density at radius 1 is 1.07 bits per heavy atom. The van der Waals surface area contributed by atoms with E-state index < -0.39 is 0 Å². The molecule has 1 amide bonds. The first-order chi connectivity index (χ1) is 14.5. The number of piperazine rings is 1. The Kier molecular flexibility index (Phi) is 5.56. The monoisotopic (exact) mass is 401 g/mol. The topological polar surface area (TPSA) is 65.2 Å². The van der Waals surface area contributed by atoms with Gasteiger partial charge in [-0.3, -0.25) is 14.3 Å². The molecule has 6 heteroatoms. The summed E-state index contributed by atoms with van der Waals surface area (Å²) in [6.07, 6.45) is 0. The second kappa shape index (κ2) is 8.29. The lowest BCUT2D eigenvalue weighted by Crippen LogP contribution is -2.52. The number of nitriles is 1. The van der Waals surface area contributed by atoms with E-state index in [0.717, 1.165) is 35.6 Å². The van der Waals surface area contributed by atoms with E-state index in [-0.39, 0.29) is 17.9 Å². The average Bonchev–Trinajstić information content (AvgIpc) is 3.09. The molecule has 2 aromatic carbocycles. The van der Waals surface area contributed by atoms with E-state index in [4.69, 9.17) is 4.98 Å². The van der Waals surface area contributed by atoms with Crippen molar-refractivity contribution in [3.8, 4) is 11.8 Å². The highest BCUT2D eigenvalue weighted by Gasteiger charge is 2.28. The summed E-state index contributed by atoms with van der Waals surface area (Å²) in [7, 11) is 0. The van der Waals surface area contributed by atoms with Crippen LogP contribution in [0.4, 0.5) is 0 Å². The van der Waals surface area contributed by atoms with E-state index in [1.54, 1.807) is 0 Å². The van der Waals surface area contributed by atoms with Crippen molar-refractivity contribution in [3.05, 3.63) is 59.9 Å². The fourth-order valence-corrected chi connectivity index (χ4v) is 4.27. The van der Waals surface area contributed by atoms with Crippen molar-refractivity contribution in [2.45, 2.75) is 26.8 Å². The number of aromatic nitrogens is 2. The zero-order chi connectivity index (χ0) is 21.3. The van der Waals surface area contributed by atoms with Crippen LogP contribution in [-0.4, -0.2) is 57.5 Å². The summed E-state index contributed by atoms with van der Waals surface area (Å²) < 4.78 is 2.11. The van der Waals surface area contributed by atoms with Crippen LogP contribution in [0, 0.1) is 24.2 Å². The third-order valence-corrected chi connectivity index (χ3v) is 5.84. The number of rotatable bonds is 4. The summed E-state index contributed by atoms with van der Waals surface area (Å²) in [6, 6.07) is 18.2. The summed E-state index contributed by atoms with van der Waals surface area (Å²) in [4.78, 5) is 21.8. The largest absolute Gasteiger partial charge is 0.336 e. The molecule has 0 spiro atoms. The van der Waals surface area contributed by atoms with Crippen LogP contribution in [-0.2, 0) is 0 Å². The number of aryl methyl sites for hydroxylation is 1. The summed E-state index contributed by atoms with van der Waals surface area (Å²) in [5.74, 6) is 1.20. The summed E-state index contributed by atoms with van der Waals surface area (Å²) >= 11 is 0. The van der Waals surface area contributed by atoms with E-state index in [2.05, 4.69) is 41.5 Å². The summed E-state index contributed by atoms with van der Waals surface area (Å²) in [6.45, 7) is 8.85. The summed E-state index contributed by atoms with van der Waals surface area (Å²) in [5.41, 5.74) is 3.54. The molecule has 1 unspecified atom stereocenters. The number of benzene rings is 2. The highest BCUT2D eigenvalue weighted by molar-refractivity contribution is 5.97. The number of carbonyl (C=O) groups is 1. The fraction of sp³-hybridized carbons (Fsp3) is 0.375. The molecule has 0 bridgehead atoms. The van der Waals surface area contributed by atoms with Crippen LogP contribution in [0.25, 0.3) is 16.7 Å². The lowest BCUT2D eigenvalue weighted by Gasteiger charge is -2.38. The van der Waals surface area contributed by atoms with Crippen LogP contribution in [0.3, 0.4) is 0 Å². The van der Waals surface area contributed by atoms with Gasteiger partial charge in [0, 0.05) is 37.4 Å². The van der Waals surface area contributed by atoms with E-state index in [9.17, 15) is 10.1 Å². The Morgan fingerprint density at radius 3 is 2.40 bits per heavy atom. The second-order valence-electron chi connectivity index (χ2n) is 8.18. The third-order valence-electron chi connectivity index (χ3n) is 5.84. The van der Waals surface area contributed by atoms with Gasteiger partial charge in [-0.05, 0) is 43.2 Å². The quantitative estimate of drug-likeness (QED) is 0.669.